The number of aromatic nitrogens is 1. The summed E-state index contributed by atoms with van der Waals surface area (Å²) in [7, 11) is 0. The fourth-order valence-electron chi connectivity index (χ4n) is 5.85. The van der Waals surface area contributed by atoms with Crippen molar-refractivity contribution in [3.63, 3.8) is 0 Å². The van der Waals surface area contributed by atoms with Gasteiger partial charge in [-0.15, -0.1) is 23.8 Å². The molecule has 5 aromatic rings. The Morgan fingerprint density at radius 3 is 2.16 bits per heavy atom. The number of anilines is 3. The van der Waals surface area contributed by atoms with Crippen molar-refractivity contribution in [3.8, 4) is 11.3 Å². The number of benzene rings is 4. The molecule has 4 aromatic carbocycles. The van der Waals surface area contributed by atoms with Crippen LogP contribution in [0.4, 0.5) is 17.1 Å². The molecule has 1 aromatic heterocycles. The average Bonchev–Trinajstić information content (AvgIpc) is 3.02. The van der Waals surface area contributed by atoms with Crippen LogP contribution in [0.3, 0.4) is 0 Å². The summed E-state index contributed by atoms with van der Waals surface area (Å²) >= 11 is 0. The molecular weight excluding hydrogens is 709 g/mol. The van der Waals surface area contributed by atoms with Crippen molar-refractivity contribution in [2.45, 2.75) is 53.4 Å². The van der Waals surface area contributed by atoms with Crippen molar-refractivity contribution in [1.29, 1.82) is 0 Å². The van der Waals surface area contributed by atoms with E-state index in [0.717, 1.165) is 59.2 Å². The zero-order chi connectivity index (χ0) is 29.6. The molecule has 1 aliphatic rings. The molecule has 5 heteroatoms. The van der Waals surface area contributed by atoms with Crippen molar-refractivity contribution in [2.75, 3.05) is 4.90 Å². The van der Waals surface area contributed by atoms with Gasteiger partial charge in [-0.3, -0.25) is 9.78 Å². The quantitative estimate of drug-likeness (QED) is 0.0957. The number of carbonyl (C=O) groups excluding carboxylic acids is 1. The minimum absolute atomic E-state index is 0. The summed E-state index contributed by atoms with van der Waals surface area (Å²) in [5.41, 5.74) is 6.49. The number of fused-ring (bicyclic) bond motifs is 3. The Balaban J connectivity index is 0.000000230. The van der Waals surface area contributed by atoms with Gasteiger partial charge in [0.05, 0.1) is 11.3 Å². The van der Waals surface area contributed by atoms with Crippen LogP contribution in [-0.4, -0.2) is 15.9 Å². The number of nitrogens with zero attached hydrogens (tertiary/aromatic N) is 2. The van der Waals surface area contributed by atoms with Crippen LogP contribution in [0, 0.1) is 17.9 Å². The maximum absolute atomic E-state index is 11.7. The number of ketones is 1. The first-order chi connectivity index (χ1) is 20.5. The number of carbonyl (C=O) groups is 1. The Bertz CT molecular complexity index is 1720. The number of hydrogen-bond acceptors (Lipinski definition) is 4. The minimum Gasteiger partial charge on any atom is -0.512 e. The van der Waals surface area contributed by atoms with Gasteiger partial charge in [0.2, 0.25) is 0 Å². The molecule has 0 bridgehead atoms. The number of aliphatic hydroxyl groups excluding tert-OH is 1. The van der Waals surface area contributed by atoms with E-state index < -0.39 is 0 Å². The second kappa shape index (κ2) is 14.6. The Morgan fingerprint density at radius 1 is 0.814 bits per heavy atom. The number of aliphatic hydroxyl groups is 1. The van der Waals surface area contributed by atoms with E-state index in [9.17, 15) is 9.90 Å². The molecule has 223 valence electrons. The van der Waals surface area contributed by atoms with Gasteiger partial charge in [0.25, 0.3) is 0 Å². The van der Waals surface area contributed by atoms with Gasteiger partial charge >= 0.3 is 0 Å². The molecule has 0 amide bonds. The van der Waals surface area contributed by atoms with Crippen molar-refractivity contribution in [1.82, 2.24) is 4.98 Å². The molecule has 1 aliphatic heterocycles. The van der Waals surface area contributed by atoms with Crippen LogP contribution in [0.5, 0.6) is 0 Å². The van der Waals surface area contributed by atoms with Gasteiger partial charge in [-0.05, 0) is 56.0 Å². The Labute approximate surface area is 268 Å². The maximum atomic E-state index is 11.7. The third-order valence-electron chi connectivity index (χ3n) is 8.33. The van der Waals surface area contributed by atoms with E-state index in [2.05, 4.69) is 89.8 Å². The van der Waals surface area contributed by atoms with Crippen molar-refractivity contribution >= 4 is 44.5 Å². The second-order valence-corrected chi connectivity index (χ2v) is 10.8. The van der Waals surface area contributed by atoms with Crippen LogP contribution in [0.2, 0.25) is 0 Å². The molecule has 1 radical (unpaired) electrons. The normalized spacial score (nSPS) is 12.1. The minimum atomic E-state index is 0. The molecule has 1 N–H and O–H groups in total. The summed E-state index contributed by atoms with van der Waals surface area (Å²) in [6.07, 6.45) is 4.91. The zero-order valence-corrected chi connectivity index (χ0v) is 27.7. The molecular formula is C38H39IrN2O2-. The summed E-state index contributed by atoms with van der Waals surface area (Å²) in [4.78, 5) is 19.1. The fraction of sp³-hybridized carbons (Fsp3) is 0.263. The molecule has 0 atom stereocenters. The van der Waals surface area contributed by atoms with E-state index in [1.807, 2.05) is 39.8 Å². The van der Waals surface area contributed by atoms with Crippen LogP contribution in [0.1, 0.15) is 53.4 Å². The monoisotopic (exact) mass is 748 g/mol. The Morgan fingerprint density at radius 2 is 1.47 bits per heavy atom. The first kappa shape index (κ1) is 32.1. The fourth-order valence-corrected chi connectivity index (χ4v) is 5.85. The van der Waals surface area contributed by atoms with Crippen LogP contribution >= 0.6 is 0 Å². The summed E-state index contributed by atoms with van der Waals surface area (Å²) in [6, 6.07) is 35.1. The smallest absolute Gasteiger partial charge is 0.162 e. The van der Waals surface area contributed by atoms with E-state index >= 15 is 0 Å². The van der Waals surface area contributed by atoms with Crippen LogP contribution < -0.4 is 4.90 Å². The van der Waals surface area contributed by atoms with E-state index in [1.54, 1.807) is 0 Å². The van der Waals surface area contributed by atoms with Crippen LogP contribution in [0.25, 0.3) is 32.9 Å². The summed E-state index contributed by atoms with van der Waals surface area (Å²) in [6.45, 7) is 8.07. The van der Waals surface area contributed by atoms with Gasteiger partial charge in [0.1, 0.15) is 0 Å². The van der Waals surface area contributed by atoms with Gasteiger partial charge in [0, 0.05) is 66.2 Å². The number of allylic oxidation sites excluding steroid dienone is 2. The van der Waals surface area contributed by atoms with Gasteiger partial charge in [-0.1, -0.05) is 87.0 Å². The molecule has 0 saturated heterocycles. The molecule has 43 heavy (non-hydrogen) atoms. The third kappa shape index (κ3) is 6.59. The van der Waals surface area contributed by atoms with Crippen LogP contribution in [0.15, 0.2) is 103 Å². The molecule has 2 heterocycles. The second-order valence-electron chi connectivity index (χ2n) is 10.8. The molecule has 0 unspecified atom stereocenters. The topological polar surface area (TPSA) is 53.4 Å². The predicted molar refractivity (Wildman–Crippen MR) is 176 cm³/mol. The standard InChI is InChI=1S/C25H15N2.C13H24O2.Ir/c1-2-11-19(12-3-1)27-22-15-7-10-17-9-6-13-20(24(17)22)25-23(27)16-18-8-4-5-14-21(18)26-25;1-5-10(6-2)12(14)9-13(15)11(7-3)8-4;/h1-12,14-16H;9-11,14H,5-8H2,1-4H3;/q-1;;/b;12-9-;. The number of hydrogen-bond donors (Lipinski definition) is 1. The van der Waals surface area contributed by atoms with Gasteiger partial charge in [-0.25, -0.2) is 0 Å². The Kier molecular flexibility index (Phi) is 10.9. The first-order valence-corrected chi connectivity index (χ1v) is 15.1. The maximum Gasteiger partial charge on any atom is 0.162 e. The predicted octanol–water partition coefficient (Wildman–Crippen LogP) is 10.5. The molecule has 4 nitrogen and oxygen atoms in total. The molecule has 0 saturated carbocycles. The summed E-state index contributed by atoms with van der Waals surface area (Å²) in [5.74, 6) is 0.547. The van der Waals surface area contributed by atoms with Crippen molar-refractivity contribution in [2.24, 2.45) is 11.8 Å². The van der Waals surface area contributed by atoms with E-state index in [0.29, 0.717) is 0 Å². The summed E-state index contributed by atoms with van der Waals surface area (Å²) < 4.78 is 0. The number of rotatable bonds is 8. The number of pyridine rings is 1. The summed E-state index contributed by atoms with van der Waals surface area (Å²) in [5, 5.41) is 13.3. The molecule has 0 aliphatic carbocycles. The number of para-hydroxylation sites is 2. The van der Waals surface area contributed by atoms with Gasteiger partial charge in [0.15, 0.2) is 5.78 Å². The van der Waals surface area contributed by atoms with Gasteiger partial charge in [-0.2, -0.15) is 0 Å². The Hall–Kier alpha value is -3.79. The van der Waals surface area contributed by atoms with E-state index in [-0.39, 0.29) is 43.5 Å². The largest absolute Gasteiger partial charge is 0.512 e. The van der Waals surface area contributed by atoms with Crippen molar-refractivity contribution in [3.05, 3.63) is 109 Å². The molecule has 0 fully saturated rings. The zero-order valence-electron chi connectivity index (χ0n) is 25.3. The third-order valence-corrected chi connectivity index (χ3v) is 8.33. The van der Waals surface area contributed by atoms with E-state index in [1.165, 1.54) is 22.5 Å². The van der Waals surface area contributed by atoms with Gasteiger partial charge < -0.3 is 10.0 Å². The van der Waals surface area contributed by atoms with Crippen molar-refractivity contribution < 1.29 is 30.0 Å². The SMILES string of the molecule is CCC(CC)C(=O)/C=C(\O)C(CC)CC.[Ir].[c-]1ccc2cccc3c2c1-c1nc2ccccc2cc1N3c1ccccc1. The molecule has 0 spiro atoms. The van der Waals surface area contributed by atoms with Crippen LogP contribution in [-0.2, 0) is 24.9 Å². The van der Waals surface area contributed by atoms with E-state index in [4.69, 9.17) is 4.98 Å². The molecule has 6 rings (SSSR count). The average molecular weight is 748 g/mol. The first-order valence-electron chi connectivity index (χ1n) is 15.1.